The molecule has 0 aromatic heterocycles. The molecule has 1 unspecified atom stereocenters. The predicted octanol–water partition coefficient (Wildman–Crippen LogP) is 1.70. The van der Waals surface area contributed by atoms with Crippen LogP contribution in [0.3, 0.4) is 0 Å². The van der Waals surface area contributed by atoms with Gasteiger partial charge in [-0.3, -0.25) is 4.18 Å². The summed E-state index contributed by atoms with van der Waals surface area (Å²) in [5, 5.41) is 0. The summed E-state index contributed by atoms with van der Waals surface area (Å²) in [7, 11) is -3.41. The van der Waals surface area contributed by atoms with Crippen LogP contribution >= 0.6 is 0 Å². The van der Waals surface area contributed by atoms with Crippen molar-refractivity contribution in [3.63, 3.8) is 0 Å². The highest BCUT2D eigenvalue weighted by Crippen LogP contribution is 2.58. The molecule has 1 saturated carbocycles. The molecular formula is C11H20O4S. The van der Waals surface area contributed by atoms with Gasteiger partial charge < -0.3 is 4.74 Å². The SMILES string of the molecule is C[C@@H]1CCC2(OC2(C)C)[C@@H](OS(C)(=O)=O)C1. The van der Waals surface area contributed by atoms with E-state index in [0.29, 0.717) is 5.92 Å². The minimum Gasteiger partial charge on any atom is -0.360 e. The Kier molecular flexibility index (Phi) is 2.64. The molecule has 3 atom stereocenters. The van der Waals surface area contributed by atoms with Gasteiger partial charge in [-0.15, -0.1) is 0 Å². The summed E-state index contributed by atoms with van der Waals surface area (Å²) in [6.07, 6.45) is 3.52. The first-order valence-electron chi connectivity index (χ1n) is 5.75. The molecule has 0 aromatic rings. The lowest BCUT2D eigenvalue weighted by Crippen LogP contribution is -2.43. The van der Waals surface area contributed by atoms with E-state index < -0.39 is 10.1 Å². The van der Waals surface area contributed by atoms with Gasteiger partial charge >= 0.3 is 0 Å². The molecule has 1 aliphatic carbocycles. The van der Waals surface area contributed by atoms with Crippen LogP contribution in [-0.2, 0) is 19.0 Å². The summed E-state index contributed by atoms with van der Waals surface area (Å²) in [6, 6.07) is 0. The summed E-state index contributed by atoms with van der Waals surface area (Å²) < 4.78 is 33.5. The second-order valence-corrected chi connectivity index (χ2v) is 7.27. The monoisotopic (exact) mass is 248 g/mol. The molecule has 16 heavy (non-hydrogen) atoms. The van der Waals surface area contributed by atoms with Gasteiger partial charge in [0.2, 0.25) is 0 Å². The van der Waals surface area contributed by atoms with Gasteiger partial charge in [0.25, 0.3) is 10.1 Å². The van der Waals surface area contributed by atoms with E-state index in [4.69, 9.17) is 8.92 Å². The smallest absolute Gasteiger partial charge is 0.264 e. The maximum Gasteiger partial charge on any atom is 0.264 e. The summed E-state index contributed by atoms with van der Waals surface area (Å²) in [4.78, 5) is 0. The third-order valence-corrected chi connectivity index (χ3v) is 4.43. The van der Waals surface area contributed by atoms with E-state index in [9.17, 15) is 8.42 Å². The zero-order chi connectivity index (χ0) is 12.2. The summed E-state index contributed by atoms with van der Waals surface area (Å²) in [5.74, 6) is 0.498. The van der Waals surface area contributed by atoms with Gasteiger partial charge in [0.1, 0.15) is 11.7 Å². The van der Waals surface area contributed by atoms with Gasteiger partial charge in [-0.05, 0) is 39.0 Å². The maximum absolute atomic E-state index is 11.3. The highest BCUT2D eigenvalue weighted by molar-refractivity contribution is 7.86. The van der Waals surface area contributed by atoms with E-state index in [1.807, 2.05) is 13.8 Å². The van der Waals surface area contributed by atoms with Gasteiger partial charge in [-0.1, -0.05) is 6.92 Å². The molecule has 94 valence electrons. The van der Waals surface area contributed by atoms with Crippen molar-refractivity contribution in [1.29, 1.82) is 0 Å². The number of hydrogen-bond donors (Lipinski definition) is 0. The number of epoxide rings is 1. The van der Waals surface area contributed by atoms with Crippen LogP contribution in [0.25, 0.3) is 0 Å². The Hall–Kier alpha value is -0.130. The topological polar surface area (TPSA) is 55.9 Å². The molecule has 1 spiro atoms. The van der Waals surface area contributed by atoms with Crippen molar-refractivity contribution in [1.82, 2.24) is 0 Å². The first-order chi connectivity index (χ1) is 7.16. The van der Waals surface area contributed by atoms with Crippen LogP contribution in [0.15, 0.2) is 0 Å². The minimum absolute atomic E-state index is 0.248. The Balaban J connectivity index is 2.19. The number of hydrogen-bond acceptors (Lipinski definition) is 4. The standard InChI is InChI=1S/C11H20O4S/c1-8-5-6-11(10(2,3)15-11)9(7-8)14-16(4,12)13/h8-9H,5-7H2,1-4H3/t8-,9+,11?/m1/s1. The van der Waals surface area contributed by atoms with E-state index >= 15 is 0 Å². The highest BCUT2D eigenvalue weighted by Gasteiger charge is 2.69. The average molecular weight is 248 g/mol. The second-order valence-electron chi connectivity index (χ2n) is 5.67. The van der Waals surface area contributed by atoms with Crippen molar-refractivity contribution < 1.29 is 17.3 Å². The largest absolute Gasteiger partial charge is 0.360 e. The molecule has 0 radical (unpaired) electrons. The molecule has 2 rings (SSSR count). The first-order valence-corrected chi connectivity index (χ1v) is 7.56. The fourth-order valence-electron chi connectivity index (χ4n) is 2.86. The lowest BCUT2D eigenvalue weighted by Gasteiger charge is -2.33. The molecule has 1 aliphatic heterocycles. The molecular weight excluding hydrogens is 228 g/mol. The van der Waals surface area contributed by atoms with Crippen molar-refractivity contribution in [2.45, 2.75) is 57.3 Å². The maximum atomic E-state index is 11.3. The number of rotatable bonds is 2. The van der Waals surface area contributed by atoms with Crippen molar-refractivity contribution >= 4 is 10.1 Å². The lowest BCUT2D eigenvalue weighted by atomic mass is 9.75. The molecule has 2 aliphatic rings. The highest BCUT2D eigenvalue weighted by atomic mass is 32.2. The van der Waals surface area contributed by atoms with Gasteiger partial charge in [-0.25, -0.2) is 0 Å². The van der Waals surface area contributed by atoms with Gasteiger partial charge in [0, 0.05) is 0 Å². The van der Waals surface area contributed by atoms with Gasteiger partial charge in [-0.2, -0.15) is 8.42 Å². The van der Waals surface area contributed by atoms with E-state index in [2.05, 4.69) is 6.92 Å². The minimum atomic E-state index is -3.41. The molecule has 1 saturated heterocycles. The summed E-state index contributed by atoms with van der Waals surface area (Å²) in [5.41, 5.74) is -0.620. The fourth-order valence-corrected chi connectivity index (χ4v) is 3.51. The molecule has 0 bridgehead atoms. The van der Waals surface area contributed by atoms with Crippen LogP contribution in [0.2, 0.25) is 0 Å². The Morgan fingerprint density at radius 2 is 1.94 bits per heavy atom. The van der Waals surface area contributed by atoms with Crippen molar-refractivity contribution in [3.05, 3.63) is 0 Å². The first kappa shape index (κ1) is 12.3. The Morgan fingerprint density at radius 1 is 1.38 bits per heavy atom. The Labute approximate surface area is 97.4 Å². The second kappa shape index (κ2) is 3.43. The molecule has 0 N–H and O–H groups in total. The zero-order valence-electron chi connectivity index (χ0n) is 10.3. The van der Waals surface area contributed by atoms with Crippen molar-refractivity contribution in [2.24, 2.45) is 5.92 Å². The van der Waals surface area contributed by atoms with E-state index in [-0.39, 0.29) is 17.3 Å². The third-order valence-electron chi connectivity index (χ3n) is 3.85. The summed E-state index contributed by atoms with van der Waals surface area (Å²) >= 11 is 0. The van der Waals surface area contributed by atoms with Gasteiger partial charge in [0.15, 0.2) is 0 Å². The van der Waals surface area contributed by atoms with Crippen LogP contribution in [0.4, 0.5) is 0 Å². The zero-order valence-corrected chi connectivity index (χ0v) is 11.1. The third kappa shape index (κ3) is 2.00. The Bertz CT molecular complexity index is 387. The molecule has 4 nitrogen and oxygen atoms in total. The predicted molar refractivity (Wildman–Crippen MR) is 60.6 cm³/mol. The van der Waals surface area contributed by atoms with Crippen LogP contribution in [0.5, 0.6) is 0 Å². The van der Waals surface area contributed by atoms with E-state index in [0.717, 1.165) is 25.5 Å². The van der Waals surface area contributed by atoms with Gasteiger partial charge in [0.05, 0.1) is 11.9 Å². The van der Waals surface area contributed by atoms with Crippen LogP contribution < -0.4 is 0 Å². The average Bonchev–Trinajstić information content (AvgIpc) is 2.60. The van der Waals surface area contributed by atoms with Crippen LogP contribution in [0.1, 0.15) is 40.0 Å². The lowest BCUT2D eigenvalue weighted by molar-refractivity contribution is 0.0467. The normalized spacial score (nSPS) is 42.2. The van der Waals surface area contributed by atoms with Crippen molar-refractivity contribution in [3.8, 4) is 0 Å². The molecule has 5 heteroatoms. The quantitative estimate of drug-likeness (QED) is 0.551. The van der Waals surface area contributed by atoms with E-state index in [1.54, 1.807) is 0 Å². The molecule has 2 fully saturated rings. The van der Waals surface area contributed by atoms with Crippen LogP contribution in [-0.4, -0.2) is 32.0 Å². The number of ether oxygens (including phenoxy) is 1. The van der Waals surface area contributed by atoms with E-state index in [1.165, 1.54) is 0 Å². The molecule has 0 amide bonds. The van der Waals surface area contributed by atoms with Crippen molar-refractivity contribution in [2.75, 3.05) is 6.26 Å². The molecule has 1 heterocycles. The van der Waals surface area contributed by atoms with Crippen LogP contribution in [0, 0.1) is 5.92 Å². The summed E-state index contributed by atoms with van der Waals surface area (Å²) in [6.45, 7) is 6.13. The molecule has 0 aromatic carbocycles. The Morgan fingerprint density at radius 3 is 2.38 bits per heavy atom. The fraction of sp³-hybridized carbons (Fsp3) is 1.00.